The first kappa shape index (κ1) is 12.7. The summed E-state index contributed by atoms with van der Waals surface area (Å²) in [7, 11) is 0. The Morgan fingerprint density at radius 3 is 2.62 bits per heavy atom. The molecule has 0 radical (unpaired) electrons. The minimum Gasteiger partial charge on any atom is -0.484 e. The van der Waals surface area contributed by atoms with E-state index in [1.165, 1.54) is 0 Å². The first-order chi connectivity index (χ1) is 9.99. The van der Waals surface area contributed by atoms with Crippen molar-refractivity contribution in [3.63, 3.8) is 0 Å². The Hall–Kier alpha value is -2.04. The summed E-state index contributed by atoms with van der Waals surface area (Å²) in [4.78, 5) is 3.36. The van der Waals surface area contributed by atoms with Gasteiger partial charge in [0.05, 0.1) is 5.52 Å². The minimum absolute atomic E-state index is 0.638. The van der Waals surface area contributed by atoms with Crippen molar-refractivity contribution in [3.05, 3.63) is 42.0 Å². The average Bonchev–Trinajstić information content (AvgIpc) is 2.83. The van der Waals surface area contributed by atoms with E-state index < -0.39 is 17.8 Å². The minimum atomic E-state index is -0.951. The average molecular weight is 283 g/mol. The summed E-state index contributed by atoms with van der Waals surface area (Å²) >= 11 is 0. The van der Waals surface area contributed by atoms with Crippen LogP contribution in [-0.2, 0) is 0 Å². The normalized spacial score (nSPS) is 24.0. The van der Waals surface area contributed by atoms with E-state index in [0.29, 0.717) is 11.3 Å². The Morgan fingerprint density at radius 2 is 1.81 bits per heavy atom. The molecule has 0 spiro atoms. The molecule has 0 unspecified atom stereocenters. The van der Waals surface area contributed by atoms with Gasteiger partial charge in [0, 0.05) is 21.9 Å². The van der Waals surface area contributed by atoms with Gasteiger partial charge in [-0.1, -0.05) is 24.3 Å². The van der Waals surface area contributed by atoms with Gasteiger partial charge >= 0.3 is 0 Å². The molecule has 108 valence electrons. The Kier molecular flexibility index (Phi) is 2.41. The van der Waals surface area contributed by atoms with E-state index in [2.05, 4.69) is 4.98 Å². The van der Waals surface area contributed by atoms with Crippen LogP contribution in [0.2, 0.25) is 0 Å². The molecule has 2 atom stereocenters. The largest absolute Gasteiger partial charge is 0.484 e. The molecule has 1 aliphatic rings. The molecule has 0 saturated heterocycles. The molecule has 4 nitrogen and oxygen atoms in total. The lowest BCUT2D eigenvalue weighted by Gasteiger charge is -2.40. The maximum Gasteiger partial charge on any atom is 0.136 e. The molecule has 3 aromatic rings. The van der Waals surface area contributed by atoms with Gasteiger partial charge in [-0.3, -0.25) is 0 Å². The number of nitrogens with one attached hydrogen (secondary N) is 1. The van der Waals surface area contributed by atoms with Gasteiger partial charge in [0.2, 0.25) is 0 Å². The van der Waals surface area contributed by atoms with Crippen LogP contribution in [0.1, 0.15) is 25.5 Å². The molecular weight excluding hydrogens is 266 g/mol. The second kappa shape index (κ2) is 4.00. The number of para-hydroxylation sites is 1. The highest BCUT2D eigenvalue weighted by Gasteiger charge is 2.43. The van der Waals surface area contributed by atoms with Gasteiger partial charge in [0.1, 0.15) is 23.6 Å². The van der Waals surface area contributed by atoms with E-state index in [4.69, 9.17) is 4.74 Å². The lowest BCUT2D eigenvalue weighted by Crippen LogP contribution is -2.48. The third-order valence-corrected chi connectivity index (χ3v) is 4.35. The number of hydrogen-bond donors (Lipinski definition) is 3. The summed E-state index contributed by atoms with van der Waals surface area (Å²) in [5.74, 6) is 0.660. The Morgan fingerprint density at radius 1 is 1.05 bits per heavy atom. The monoisotopic (exact) mass is 283 g/mol. The molecule has 0 amide bonds. The fraction of sp³-hybridized carbons (Fsp3) is 0.294. The molecule has 0 fully saturated rings. The number of fused-ring (bicyclic) bond motifs is 5. The lowest BCUT2D eigenvalue weighted by atomic mass is 9.87. The zero-order valence-corrected chi connectivity index (χ0v) is 11.9. The molecule has 0 bridgehead atoms. The Labute approximate surface area is 122 Å². The fourth-order valence-electron chi connectivity index (χ4n) is 3.14. The van der Waals surface area contributed by atoms with Crippen LogP contribution in [0.5, 0.6) is 5.75 Å². The highest BCUT2D eigenvalue weighted by atomic mass is 16.5. The molecule has 4 heteroatoms. The summed E-state index contributed by atoms with van der Waals surface area (Å²) in [6.45, 7) is 3.58. The molecule has 21 heavy (non-hydrogen) atoms. The predicted octanol–water partition coefficient (Wildman–Crippen LogP) is 2.89. The summed E-state index contributed by atoms with van der Waals surface area (Å²) in [5, 5.41) is 22.6. The summed E-state index contributed by atoms with van der Waals surface area (Å²) < 4.78 is 6.05. The van der Waals surface area contributed by atoms with Gasteiger partial charge in [0.25, 0.3) is 0 Å². The number of aliphatic hydroxyl groups excluding tert-OH is 2. The van der Waals surface area contributed by atoms with Gasteiger partial charge in [0.15, 0.2) is 0 Å². The SMILES string of the molecule is CC1(C)Oc2c(ccc3[nH]c4ccccc4c23)[C@H](O)[C@@H]1O. The smallest absolute Gasteiger partial charge is 0.136 e. The van der Waals surface area contributed by atoms with Gasteiger partial charge < -0.3 is 19.9 Å². The number of rotatable bonds is 0. The van der Waals surface area contributed by atoms with Gasteiger partial charge in [-0.05, 0) is 26.0 Å². The van der Waals surface area contributed by atoms with E-state index in [1.54, 1.807) is 13.8 Å². The number of hydrogen-bond acceptors (Lipinski definition) is 3. The van der Waals surface area contributed by atoms with Crippen LogP contribution >= 0.6 is 0 Å². The number of aromatic amines is 1. The van der Waals surface area contributed by atoms with Gasteiger partial charge in [-0.2, -0.15) is 0 Å². The van der Waals surface area contributed by atoms with Crippen molar-refractivity contribution in [2.24, 2.45) is 0 Å². The topological polar surface area (TPSA) is 65.5 Å². The highest BCUT2D eigenvalue weighted by molar-refractivity contribution is 6.11. The zero-order valence-electron chi connectivity index (χ0n) is 11.9. The van der Waals surface area contributed by atoms with Crippen LogP contribution in [0, 0.1) is 0 Å². The second-order valence-electron chi connectivity index (χ2n) is 6.17. The molecule has 2 heterocycles. The molecule has 0 aliphatic carbocycles. The van der Waals surface area contributed by atoms with E-state index in [0.717, 1.165) is 21.8 Å². The Balaban J connectivity index is 2.11. The molecule has 3 N–H and O–H groups in total. The first-order valence-electron chi connectivity index (χ1n) is 7.07. The number of benzene rings is 2. The summed E-state index contributed by atoms with van der Waals surface area (Å²) in [6.07, 6.45) is -1.89. The molecule has 1 aliphatic heterocycles. The van der Waals surface area contributed by atoms with Crippen molar-refractivity contribution in [3.8, 4) is 5.75 Å². The lowest BCUT2D eigenvalue weighted by molar-refractivity contribution is -0.110. The van der Waals surface area contributed by atoms with Crippen molar-refractivity contribution in [1.29, 1.82) is 0 Å². The van der Waals surface area contributed by atoms with Gasteiger partial charge in [-0.15, -0.1) is 0 Å². The number of H-pyrrole nitrogens is 1. The molecular formula is C17H17NO3. The summed E-state index contributed by atoms with van der Waals surface area (Å²) in [6, 6.07) is 11.7. The fourth-order valence-corrected chi connectivity index (χ4v) is 3.14. The molecule has 1 aromatic heterocycles. The van der Waals surface area contributed by atoms with Crippen molar-refractivity contribution in [1.82, 2.24) is 4.98 Å². The maximum atomic E-state index is 10.4. The van der Waals surface area contributed by atoms with Crippen molar-refractivity contribution < 1.29 is 14.9 Å². The number of ether oxygens (including phenoxy) is 1. The van der Waals surface area contributed by atoms with Gasteiger partial charge in [-0.25, -0.2) is 0 Å². The Bertz CT molecular complexity index is 850. The van der Waals surface area contributed by atoms with Crippen LogP contribution in [0.4, 0.5) is 0 Å². The first-order valence-corrected chi connectivity index (χ1v) is 7.07. The van der Waals surface area contributed by atoms with Crippen LogP contribution in [-0.4, -0.2) is 26.9 Å². The number of aromatic nitrogens is 1. The predicted molar refractivity (Wildman–Crippen MR) is 81.5 cm³/mol. The third kappa shape index (κ3) is 1.63. The van der Waals surface area contributed by atoms with Crippen molar-refractivity contribution in [2.75, 3.05) is 0 Å². The van der Waals surface area contributed by atoms with Crippen LogP contribution < -0.4 is 4.74 Å². The van der Waals surface area contributed by atoms with Crippen LogP contribution in [0.25, 0.3) is 21.8 Å². The molecule has 4 rings (SSSR count). The maximum absolute atomic E-state index is 10.4. The van der Waals surface area contributed by atoms with E-state index in [-0.39, 0.29) is 0 Å². The zero-order chi connectivity index (χ0) is 14.8. The molecule has 2 aromatic carbocycles. The number of aliphatic hydroxyl groups is 2. The quantitative estimate of drug-likeness (QED) is 0.594. The van der Waals surface area contributed by atoms with Crippen molar-refractivity contribution in [2.45, 2.75) is 31.7 Å². The van der Waals surface area contributed by atoms with E-state index >= 15 is 0 Å². The third-order valence-electron chi connectivity index (χ3n) is 4.35. The van der Waals surface area contributed by atoms with Crippen molar-refractivity contribution >= 4 is 21.8 Å². The van der Waals surface area contributed by atoms with E-state index in [1.807, 2.05) is 36.4 Å². The summed E-state index contributed by atoms with van der Waals surface area (Å²) in [5.41, 5.74) is 1.80. The standard InChI is InChI=1S/C17H17NO3/c1-17(2)16(20)14(19)10-7-8-12-13(15(10)21-17)9-5-3-4-6-11(9)18-12/h3-8,14,16,18-20H,1-2H3/t14-,16-/m0/s1. The van der Waals surface area contributed by atoms with Crippen LogP contribution in [0.3, 0.4) is 0 Å². The highest BCUT2D eigenvalue weighted by Crippen LogP contribution is 2.45. The second-order valence-corrected chi connectivity index (χ2v) is 6.17. The molecule has 0 saturated carbocycles. The van der Waals surface area contributed by atoms with E-state index in [9.17, 15) is 10.2 Å². The van der Waals surface area contributed by atoms with Crippen LogP contribution in [0.15, 0.2) is 36.4 Å².